The number of rotatable bonds is 4. The van der Waals surface area contributed by atoms with Gasteiger partial charge in [-0.15, -0.1) is 0 Å². The second-order valence-corrected chi connectivity index (χ2v) is 5.19. The van der Waals surface area contributed by atoms with Gasteiger partial charge in [-0.1, -0.05) is 54.6 Å². The second kappa shape index (κ2) is 6.42. The Bertz CT molecular complexity index is 519. The van der Waals surface area contributed by atoms with Crippen LogP contribution in [-0.2, 0) is 4.74 Å². The zero-order valence-electron chi connectivity index (χ0n) is 11.5. The van der Waals surface area contributed by atoms with Crippen LogP contribution in [0, 0.1) is 5.92 Å². The first kappa shape index (κ1) is 13.0. The van der Waals surface area contributed by atoms with E-state index in [2.05, 4.69) is 58.9 Å². The van der Waals surface area contributed by atoms with Crippen LogP contribution < -0.4 is 5.32 Å². The molecule has 0 saturated carbocycles. The first-order valence-electron chi connectivity index (χ1n) is 7.24. The van der Waals surface area contributed by atoms with Crippen LogP contribution in [0.4, 0.5) is 0 Å². The van der Waals surface area contributed by atoms with Crippen LogP contribution in [0.15, 0.2) is 59.6 Å². The van der Waals surface area contributed by atoms with E-state index in [1.54, 1.807) is 0 Å². The van der Waals surface area contributed by atoms with Gasteiger partial charge in [-0.05, 0) is 24.3 Å². The first-order valence-corrected chi connectivity index (χ1v) is 7.24. The Balaban J connectivity index is 1.72. The minimum atomic E-state index is 0.245. The third-order valence-corrected chi connectivity index (χ3v) is 3.69. The number of nitrogens with zero attached hydrogens (tertiary/aromatic N) is 1. The SMILES string of the molecule is C1=CCC(CC(NC2=NCCO2)c2ccccc2)C=C1. The van der Waals surface area contributed by atoms with Crippen molar-refractivity contribution in [3.05, 3.63) is 60.2 Å². The fourth-order valence-corrected chi connectivity index (χ4v) is 2.64. The highest BCUT2D eigenvalue weighted by molar-refractivity contribution is 5.75. The molecule has 0 saturated heterocycles. The molecule has 20 heavy (non-hydrogen) atoms. The average molecular weight is 268 g/mol. The van der Waals surface area contributed by atoms with E-state index in [1.807, 2.05) is 6.07 Å². The van der Waals surface area contributed by atoms with Gasteiger partial charge in [0, 0.05) is 0 Å². The van der Waals surface area contributed by atoms with Crippen LogP contribution in [0.1, 0.15) is 24.4 Å². The molecule has 2 unspecified atom stereocenters. The Morgan fingerprint density at radius 3 is 2.85 bits per heavy atom. The number of nitrogens with one attached hydrogen (secondary N) is 1. The predicted octanol–water partition coefficient (Wildman–Crippen LogP) is 3.23. The molecule has 0 fully saturated rings. The van der Waals surface area contributed by atoms with Crippen LogP contribution in [0.2, 0.25) is 0 Å². The van der Waals surface area contributed by atoms with Crippen molar-refractivity contribution < 1.29 is 4.74 Å². The molecule has 104 valence electrons. The van der Waals surface area contributed by atoms with Crippen molar-refractivity contribution in [1.29, 1.82) is 0 Å². The third kappa shape index (κ3) is 3.29. The molecule has 1 heterocycles. The molecule has 1 aliphatic heterocycles. The number of amidine groups is 1. The van der Waals surface area contributed by atoms with Crippen molar-refractivity contribution in [3.8, 4) is 0 Å². The maximum atomic E-state index is 5.50. The predicted molar refractivity (Wildman–Crippen MR) is 81.6 cm³/mol. The lowest BCUT2D eigenvalue weighted by Crippen LogP contribution is -2.30. The van der Waals surface area contributed by atoms with Crippen molar-refractivity contribution in [3.63, 3.8) is 0 Å². The average Bonchev–Trinajstić information content (AvgIpc) is 3.02. The van der Waals surface area contributed by atoms with Crippen molar-refractivity contribution in [2.75, 3.05) is 13.2 Å². The van der Waals surface area contributed by atoms with Crippen molar-refractivity contribution in [1.82, 2.24) is 5.32 Å². The smallest absolute Gasteiger partial charge is 0.285 e. The molecule has 3 nitrogen and oxygen atoms in total. The molecule has 0 aromatic heterocycles. The van der Waals surface area contributed by atoms with Gasteiger partial charge in [-0.2, -0.15) is 0 Å². The number of hydrogen-bond donors (Lipinski definition) is 1. The van der Waals surface area contributed by atoms with Crippen LogP contribution in [0.5, 0.6) is 0 Å². The van der Waals surface area contributed by atoms with Gasteiger partial charge in [-0.25, -0.2) is 4.99 Å². The Kier molecular flexibility index (Phi) is 4.16. The van der Waals surface area contributed by atoms with E-state index in [0.29, 0.717) is 18.5 Å². The topological polar surface area (TPSA) is 33.6 Å². The molecule has 2 atom stereocenters. The van der Waals surface area contributed by atoms with E-state index >= 15 is 0 Å². The van der Waals surface area contributed by atoms with Crippen molar-refractivity contribution in [2.24, 2.45) is 10.9 Å². The Morgan fingerprint density at radius 1 is 1.25 bits per heavy atom. The van der Waals surface area contributed by atoms with Crippen LogP contribution in [0.25, 0.3) is 0 Å². The monoisotopic (exact) mass is 268 g/mol. The summed E-state index contributed by atoms with van der Waals surface area (Å²) in [6.45, 7) is 1.45. The molecule has 1 N–H and O–H groups in total. The van der Waals surface area contributed by atoms with E-state index in [0.717, 1.165) is 19.4 Å². The van der Waals surface area contributed by atoms with Gasteiger partial charge in [-0.3, -0.25) is 0 Å². The van der Waals surface area contributed by atoms with Gasteiger partial charge >= 0.3 is 0 Å². The van der Waals surface area contributed by atoms with E-state index in [-0.39, 0.29) is 6.04 Å². The van der Waals surface area contributed by atoms with Gasteiger partial charge in [0.1, 0.15) is 6.61 Å². The summed E-state index contributed by atoms with van der Waals surface area (Å²) < 4.78 is 5.50. The van der Waals surface area contributed by atoms with E-state index in [4.69, 9.17) is 4.74 Å². The highest BCUT2D eigenvalue weighted by Gasteiger charge is 2.19. The number of hydrogen-bond acceptors (Lipinski definition) is 3. The van der Waals surface area contributed by atoms with E-state index in [1.165, 1.54) is 5.56 Å². The van der Waals surface area contributed by atoms with Gasteiger partial charge in [0.25, 0.3) is 6.02 Å². The summed E-state index contributed by atoms with van der Waals surface area (Å²) in [5, 5.41) is 3.45. The summed E-state index contributed by atoms with van der Waals surface area (Å²) in [4.78, 5) is 4.35. The molecule has 0 spiro atoms. The second-order valence-electron chi connectivity index (χ2n) is 5.19. The lowest BCUT2D eigenvalue weighted by atomic mass is 9.90. The summed E-state index contributed by atoms with van der Waals surface area (Å²) in [5.41, 5.74) is 1.29. The molecule has 1 aliphatic carbocycles. The number of ether oxygens (including phenoxy) is 1. The summed E-state index contributed by atoms with van der Waals surface area (Å²) in [5.74, 6) is 0.569. The molecule has 0 radical (unpaired) electrons. The fraction of sp³-hybridized carbons (Fsp3) is 0.353. The highest BCUT2D eigenvalue weighted by Crippen LogP contribution is 2.26. The van der Waals surface area contributed by atoms with Gasteiger partial charge in [0.15, 0.2) is 0 Å². The largest absolute Gasteiger partial charge is 0.463 e. The van der Waals surface area contributed by atoms with Crippen molar-refractivity contribution >= 4 is 6.02 Å². The fourth-order valence-electron chi connectivity index (χ4n) is 2.64. The minimum absolute atomic E-state index is 0.245. The summed E-state index contributed by atoms with van der Waals surface area (Å²) in [6.07, 6.45) is 10.9. The molecular weight excluding hydrogens is 248 g/mol. The standard InChI is InChI=1S/C17H20N2O/c1-3-7-14(8-4-1)13-16(15-9-5-2-6-10-15)19-17-18-11-12-20-17/h1-7,9-10,14,16H,8,11-13H2,(H,18,19). The van der Waals surface area contributed by atoms with Crippen LogP contribution >= 0.6 is 0 Å². The molecule has 1 aromatic rings. The lowest BCUT2D eigenvalue weighted by Gasteiger charge is -2.24. The molecule has 3 rings (SSSR count). The van der Waals surface area contributed by atoms with Crippen LogP contribution in [0.3, 0.4) is 0 Å². The Hall–Kier alpha value is -2.03. The third-order valence-electron chi connectivity index (χ3n) is 3.69. The van der Waals surface area contributed by atoms with Crippen LogP contribution in [-0.4, -0.2) is 19.2 Å². The molecule has 2 aliphatic rings. The summed E-state index contributed by atoms with van der Waals surface area (Å²) >= 11 is 0. The van der Waals surface area contributed by atoms with Gasteiger partial charge in [0.2, 0.25) is 0 Å². The molecule has 1 aromatic carbocycles. The molecular formula is C17H20N2O. The molecule has 0 amide bonds. The number of allylic oxidation sites excluding steroid dienone is 4. The zero-order chi connectivity index (χ0) is 13.6. The maximum Gasteiger partial charge on any atom is 0.285 e. The minimum Gasteiger partial charge on any atom is -0.463 e. The maximum absolute atomic E-state index is 5.50. The summed E-state index contributed by atoms with van der Waals surface area (Å²) in [7, 11) is 0. The zero-order valence-corrected chi connectivity index (χ0v) is 11.5. The normalized spacial score (nSPS) is 22.2. The highest BCUT2D eigenvalue weighted by atomic mass is 16.5. The quantitative estimate of drug-likeness (QED) is 0.909. The first-order chi connectivity index (χ1) is 9.92. The van der Waals surface area contributed by atoms with Crippen molar-refractivity contribution in [2.45, 2.75) is 18.9 Å². The Labute approximate surface area is 120 Å². The van der Waals surface area contributed by atoms with E-state index < -0.39 is 0 Å². The molecule has 3 heteroatoms. The Morgan fingerprint density at radius 2 is 2.15 bits per heavy atom. The number of benzene rings is 1. The van der Waals surface area contributed by atoms with Gasteiger partial charge < -0.3 is 10.1 Å². The molecule has 0 bridgehead atoms. The number of aliphatic imine (C=N–C) groups is 1. The van der Waals surface area contributed by atoms with E-state index in [9.17, 15) is 0 Å². The summed E-state index contributed by atoms with van der Waals surface area (Å²) in [6, 6.07) is 11.5. The van der Waals surface area contributed by atoms with Gasteiger partial charge in [0.05, 0.1) is 12.6 Å². The lowest BCUT2D eigenvalue weighted by molar-refractivity contribution is 0.320.